The Morgan fingerprint density at radius 2 is 2.33 bits per heavy atom. The zero-order valence-corrected chi connectivity index (χ0v) is 12.8. The van der Waals surface area contributed by atoms with Crippen LogP contribution >= 0.6 is 23.1 Å². The van der Waals surface area contributed by atoms with Crippen LogP contribution in [0.1, 0.15) is 19.0 Å². The number of nitrogens with one attached hydrogen (secondary N) is 1. The molecular weight excluding hydrogens is 316 g/mol. The minimum absolute atomic E-state index is 0.0404. The summed E-state index contributed by atoms with van der Waals surface area (Å²) in [5, 5.41) is 19.1. The van der Waals surface area contributed by atoms with E-state index in [0.29, 0.717) is 5.69 Å². The third-order valence-electron chi connectivity index (χ3n) is 2.59. The second kappa shape index (κ2) is 7.19. The van der Waals surface area contributed by atoms with Crippen molar-refractivity contribution in [1.82, 2.24) is 9.59 Å². The highest BCUT2D eigenvalue weighted by Crippen LogP contribution is 2.35. The smallest absolute Gasteiger partial charge is 0.312 e. The maximum atomic E-state index is 11.0. The maximum Gasteiger partial charge on any atom is 0.312 e. The number of nitro groups is 1. The van der Waals surface area contributed by atoms with Gasteiger partial charge in [0.05, 0.1) is 9.95 Å². The molecule has 0 spiro atoms. The monoisotopic (exact) mass is 328 g/mol. The van der Waals surface area contributed by atoms with Crippen molar-refractivity contribution in [3.05, 3.63) is 39.0 Å². The summed E-state index contributed by atoms with van der Waals surface area (Å²) in [6.45, 7) is 2.90. The van der Waals surface area contributed by atoms with Gasteiger partial charge in [-0.25, -0.2) is 0 Å². The predicted octanol–water partition coefficient (Wildman–Crippen LogP) is 3.50. The normalized spacial score (nSPS) is 10.4. The van der Waals surface area contributed by atoms with Crippen molar-refractivity contribution in [3.63, 3.8) is 0 Å². The van der Waals surface area contributed by atoms with Crippen molar-refractivity contribution in [3.8, 4) is 5.75 Å². The van der Waals surface area contributed by atoms with Crippen molar-refractivity contribution < 1.29 is 9.66 Å². The van der Waals surface area contributed by atoms with E-state index in [1.54, 1.807) is 6.07 Å². The lowest BCUT2D eigenvalue weighted by molar-refractivity contribution is -0.385. The van der Waals surface area contributed by atoms with Gasteiger partial charge in [-0.2, -0.15) is 0 Å². The summed E-state index contributed by atoms with van der Waals surface area (Å²) in [4.78, 5) is 10.4. The van der Waals surface area contributed by atoms with E-state index in [0.717, 1.165) is 18.0 Å². The van der Waals surface area contributed by atoms with Crippen LogP contribution in [0, 0.1) is 10.1 Å². The van der Waals surface area contributed by atoms with Gasteiger partial charge in [0, 0.05) is 24.1 Å². The molecular formula is C12H13ClN4O3S. The van der Waals surface area contributed by atoms with Crippen molar-refractivity contribution >= 4 is 33.8 Å². The van der Waals surface area contributed by atoms with E-state index in [9.17, 15) is 10.1 Å². The number of nitro benzene ring substituents is 1. The standard InChI is InChI=1S/C12H13ClN4O3S/c1-2-6-14-12-9(15-16-21-12)7-20-11-8(13)4-3-5-10(11)17(18)19/h3-5,14H,2,6-7H2,1H3. The zero-order chi connectivity index (χ0) is 15.2. The first kappa shape index (κ1) is 15.5. The van der Waals surface area contributed by atoms with E-state index < -0.39 is 4.92 Å². The minimum atomic E-state index is -0.531. The summed E-state index contributed by atoms with van der Waals surface area (Å²) in [6.07, 6.45) is 0.966. The number of para-hydroxylation sites is 1. The summed E-state index contributed by atoms with van der Waals surface area (Å²) < 4.78 is 9.33. The summed E-state index contributed by atoms with van der Waals surface area (Å²) in [7, 11) is 0. The molecule has 112 valence electrons. The van der Waals surface area contributed by atoms with Gasteiger partial charge in [0.2, 0.25) is 5.75 Å². The molecule has 2 aromatic rings. The molecule has 0 fully saturated rings. The molecule has 0 aliphatic carbocycles. The van der Waals surface area contributed by atoms with Gasteiger partial charge in [0.15, 0.2) is 0 Å². The van der Waals surface area contributed by atoms with Crippen LogP contribution in [0.2, 0.25) is 5.02 Å². The molecule has 9 heteroatoms. The summed E-state index contributed by atoms with van der Waals surface area (Å²) in [5.74, 6) is 0.0404. The molecule has 0 saturated heterocycles. The fourth-order valence-corrected chi connectivity index (χ4v) is 2.42. The maximum absolute atomic E-state index is 11.0. The molecule has 0 bridgehead atoms. The number of hydrogen-bond donors (Lipinski definition) is 1. The van der Waals surface area contributed by atoms with Crippen LogP contribution in [-0.2, 0) is 6.61 Å². The number of benzene rings is 1. The second-order valence-electron chi connectivity index (χ2n) is 4.11. The zero-order valence-electron chi connectivity index (χ0n) is 11.2. The molecule has 0 unspecified atom stereocenters. The molecule has 0 amide bonds. The fraction of sp³-hybridized carbons (Fsp3) is 0.333. The van der Waals surface area contributed by atoms with Crippen molar-refractivity contribution in [2.45, 2.75) is 20.0 Å². The van der Waals surface area contributed by atoms with E-state index in [4.69, 9.17) is 16.3 Å². The number of ether oxygens (including phenoxy) is 1. The molecule has 0 radical (unpaired) electrons. The van der Waals surface area contributed by atoms with Gasteiger partial charge in [-0.1, -0.05) is 29.1 Å². The largest absolute Gasteiger partial charge is 0.479 e. The Balaban J connectivity index is 2.13. The molecule has 21 heavy (non-hydrogen) atoms. The Hall–Kier alpha value is -1.93. The third kappa shape index (κ3) is 3.79. The van der Waals surface area contributed by atoms with Gasteiger partial charge in [-0.15, -0.1) is 5.10 Å². The first-order valence-corrected chi connectivity index (χ1v) is 7.39. The van der Waals surface area contributed by atoms with E-state index in [1.807, 2.05) is 6.92 Å². The average Bonchev–Trinajstić information content (AvgIpc) is 2.90. The number of rotatable bonds is 7. The topological polar surface area (TPSA) is 90.2 Å². The highest BCUT2D eigenvalue weighted by molar-refractivity contribution is 7.10. The van der Waals surface area contributed by atoms with Gasteiger partial charge in [0.1, 0.15) is 17.3 Å². The average molecular weight is 329 g/mol. The van der Waals surface area contributed by atoms with Crippen LogP contribution in [0.4, 0.5) is 10.7 Å². The fourth-order valence-electron chi connectivity index (χ4n) is 1.60. The van der Waals surface area contributed by atoms with Crippen LogP contribution < -0.4 is 10.1 Å². The van der Waals surface area contributed by atoms with E-state index in [2.05, 4.69) is 14.9 Å². The third-order valence-corrected chi connectivity index (χ3v) is 3.61. The number of aromatic nitrogens is 2. The lowest BCUT2D eigenvalue weighted by Crippen LogP contribution is -2.05. The lowest BCUT2D eigenvalue weighted by Gasteiger charge is -2.08. The van der Waals surface area contributed by atoms with Crippen LogP contribution in [0.15, 0.2) is 18.2 Å². The van der Waals surface area contributed by atoms with Gasteiger partial charge in [-0.05, 0) is 12.5 Å². The van der Waals surface area contributed by atoms with Crippen LogP contribution in [0.3, 0.4) is 0 Å². The SMILES string of the molecule is CCCNc1snnc1COc1c(Cl)cccc1[N+](=O)[O-]. The molecule has 7 nitrogen and oxygen atoms in total. The van der Waals surface area contributed by atoms with Crippen LogP contribution in [0.25, 0.3) is 0 Å². The Kier molecular flexibility index (Phi) is 5.29. The number of nitrogens with zero attached hydrogens (tertiary/aromatic N) is 3. The lowest BCUT2D eigenvalue weighted by atomic mass is 10.3. The molecule has 1 aromatic carbocycles. The molecule has 0 aliphatic rings. The molecule has 0 aliphatic heterocycles. The minimum Gasteiger partial charge on any atom is -0.479 e. The molecule has 2 rings (SSSR count). The highest BCUT2D eigenvalue weighted by atomic mass is 35.5. The van der Waals surface area contributed by atoms with Crippen LogP contribution in [0.5, 0.6) is 5.75 Å². The Morgan fingerprint density at radius 3 is 3.05 bits per heavy atom. The van der Waals surface area contributed by atoms with Gasteiger partial charge in [-0.3, -0.25) is 10.1 Å². The van der Waals surface area contributed by atoms with Gasteiger partial charge in [0.25, 0.3) is 0 Å². The Morgan fingerprint density at radius 1 is 1.52 bits per heavy atom. The number of hydrogen-bond acceptors (Lipinski definition) is 7. The van der Waals surface area contributed by atoms with Crippen molar-refractivity contribution in [2.24, 2.45) is 0 Å². The first-order valence-electron chi connectivity index (χ1n) is 6.24. The van der Waals surface area contributed by atoms with Crippen LogP contribution in [-0.4, -0.2) is 21.1 Å². The summed E-state index contributed by atoms with van der Waals surface area (Å²) in [5.41, 5.74) is 0.427. The molecule has 0 atom stereocenters. The van der Waals surface area contributed by atoms with Gasteiger partial charge >= 0.3 is 5.69 Å². The summed E-state index contributed by atoms with van der Waals surface area (Å²) in [6, 6.07) is 4.39. The molecule has 1 aromatic heterocycles. The van der Waals surface area contributed by atoms with E-state index in [1.165, 1.54) is 23.7 Å². The van der Waals surface area contributed by atoms with Crippen molar-refractivity contribution in [2.75, 3.05) is 11.9 Å². The molecule has 0 saturated carbocycles. The molecule has 1 heterocycles. The predicted molar refractivity (Wildman–Crippen MR) is 81.1 cm³/mol. The second-order valence-corrected chi connectivity index (χ2v) is 5.27. The Labute approximate surface area is 130 Å². The number of anilines is 1. The number of halogens is 1. The Bertz CT molecular complexity index is 635. The van der Waals surface area contributed by atoms with E-state index in [-0.39, 0.29) is 23.1 Å². The van der Waals surface area contributed by atoms with Gasteiger partial charge < -0.3 is 10.1 Å². The van der Waals surface area contributed by atoms with Crippen molar-refractivity contribution in [1.29, 1.82) is 0 Å². The highest BCUT2D eigenvalue weighted by Gasteiger charge is 2.19. The quantitative estimate of drug-likeness (QED) is 0.618. The first-order chi connectivity index (χ1) is 10.1. The van der Waals surface area contributed by atoms with E-state index >= 15 is 0 Å². The summed E-state index contributed by atoms with van der Waals surface area (Å²) >= 11 is 7.18. The molecule has 1 N–H and O–H groups in total.